The fraction of sp³-hybridized carbons (Fsp3) is 0.500. The summed E-state index contributed by atoms with van der Waals surface area (Å²) in [6, 6.07) is 7.92. The zero-order valence-electron chi connectivity index (χ0n) is 11.2. The van der Waals surface area contributed by atoms with Gasteiger partial charge in [-0.1, -0.05) is 36.2 Å². The second kappa shape index (κ2) is 7.54. The molecule has 0 bridgehead atoms. The van der Waals surface area contributed by atoms with E-state index in [0.717, 1.165) is 16.6 Å². The SMILES string of the molecule is CCC(C)C(C)NCC(=O)Nc1ccc(Br)cc1. The molecule has 0 aliphatic carbocycles. The Kier molecular flexibility index (Phi) is 6.36. The van der Waals surface area contributed by atoms with Crippen LogP contribution in [0.4, 0.5) is 5.69 Å². The molecule has 18 heavy (non-hydrogen) atoms. The fourth-order valence-corrected chi connectivity index (χ4v) is 1.81. The minimum atomic E-state index is -0.00697. The minimum Gasteiger partial charge on any atom is -0.325 e. The predicted octanol–water partition coefficient (Wildman–Crippen LogP) is 3.41. The number of halogens is 1. The van der Waals surface area contributed by atoms with Gasteiger partial charge in [-0.25, -0.2) is 0 Å². The molecule has 2 unspecified atom stereocenters. The van der Waals surface area contributed by atoms with Crippen LogP contribution in [0.1, 0.15) is 27.2 Å². The van der Waals surface area contributed by atoms with Crippen molar-refractivity contribution < 1.29 is 4.79 Å². The van der Waals surface area contributed by atoms with Crippen molar-refractivity contribution in [1.82, 2.24) is 5.32 Å². The average Bonchev–Trinajstić information content (AvgIpc) is 2.37. The second-order valence-corrected chi connectivity index (χ2v) is 5.53. The Morgan fingerprint density at radius 3 is 2.44 bits per heavy atom. The molecular weight excluding hydrogens is 292 g/mol. The lowest BCUT2D eigenvalue weighted by atomic mass is 10.0. The van der Waals surface area contributed by atoms with E-state index < -0.39 is 0 Å². The molecule has 0 aromatic heterocycles. The van der Waals surface area contributed by atoms with Gasteiger partial charge in [0.1, 0.15) is 0 Å². The normalized spacial score (nSPS) is 14.0. The lowest BCUT2D eigenvalue weighted by Gasteiger charge is -2.19. The monoisotopic (exact) mass is 312 g/mol. The zero-order valence-corrected chi connectivity index (χ0v) is 12.8. The second-order valence-electron chi connectivity index (χ2n) is 4.61. The molecule has 0 saturated heterocycles. The molecule has 3 nitrogen and oxygen atoms in total. The number of carbonyl (C=O) groups is 1. The van der Waals surface area contributed by atoms with E-state index in [-0.39, 0.29) is 5.91 Å². The van der Waals surface area contributed by atoms with E-state index in [9.17, 15) is 4.79 Å². The zero-order chi connectivity index (χ0) is 13.5. The van der Waals surface area contributed by atoms with E-state index in [1.807, 2.05) is 24.3 Å². The van der Waals surface area contributed by atoms with Gasteiger partial charge in [-0.2, -0.15) is 0 Å². The van der Waals surface area contributed by atoms with Gasteiger partial charge in [0.15, 0.2) is 0 Å². The van der Waals surface area contributed by atoms with Gasteiger partial charge in [0, 0.05) is 16.2 Å². The molecule has 0 fully saturated rings. The Bertz CT molecular complexity index is 378. The quantitative estimate of drug-likeness (QED) is 0.845. The number of hydrogen-bond donors (Lipinski definition) is 2. The first-order chi connectivity index (χ1) is 8.52. The molecular formula is C14H21BrN2O. The molecule has 4 heteroatoms. The van der Waals surface area contributed by atoms with Crippen molar-refractivity contribution in [2.45, 2.75) is 33.2 Å². The third kappa shape index (κ3) is 5.19. The van der Waals surface area contributed by atoms with Crippen molar-refractivity contribution in [1.29, 1.82) is 0 Å². The summed E-state index contributed by atoms with van der Waals surface area (Å²) in [7, 11) is 0. The number of hydrogen-bond acceptors (Lipinski definition) is 2. The molecule has 1 aromatic carbocycles. The van der Waals surface area contributed by atoms with Crippen molar-refractivity contribution in [3.8, 4) is 0 Å². The maximum Gasteiger partial charge on any atom is 0.238 e. The first-order valence-electron chi connectivity index (χ1n) is 6.31. The topological polar surface area (TPSA) is 41.1 Å². The molecule has 2 atom stereocenters. The molecule has 0 aliphatic rings. The largest absolute Gasteiger partial charge is 0.325 e. The van der Waals surface area contributed by atoms with Crippen LogP contribution in [0.3, 0.4) is 0 Å². The average molecular weight is 313 g/mol. The van der Waals surface area contributed by atoms with Gasteiger partial charge in [0.25, 0.3) is 0 Å². The Balaban J connectivity index is 2.36. The molecule has 1 aromatic rings. The van der Waals surface area contributed by atoms with Crippen molar-refractivity contribution >= 4 is 27.5 Å². The van der Waals surface area contributed by atoms with Gasteiger partial charge in [-0.05, 0) is 37.1 Å². The summed E-state index contributed by atoms with van der Waals surface area (Å²) < 4.78 is 1.00. The molecule has 2 N–H and O–H groups in total. The predicted molar refractivity (Wildman–Crippen MR) is 79.7 cm³/mol. The summed E-state index contributed by atoms with van der Waals surface area (Å²) in [5.41, 5.74) is 0.821. The first-order valence-corrected chi connectivity index (χ1v) is 7.11. The molecule has 100 valence electrons. The molecule has 1 amide bonds. The van der Waals surface area contributed by atoms with Gasteiger partial charge in [-0.3, -0.25) is 4.79 Å². The molecule has 0 saturated carbocycles. The maximum absolute atomic E-state index is 11.7. The number of rotatable bonds is 6. The maximum atomic E-state index is 11.7. The highest BCUT2D eigenvalue weighted by atomic mass is 79.9. The van der Waals surface area contributed by atoms with E-state index in [0.29, 0.717) is 18.5 Å². The Labute approximate surface area is 117 Å². The van der Waals surface area contributed by atoms with E-state index in [1.165, 1.54) is 0 Å². The number of anilines is 1. The molecule has 0 aliphatic heterocycles. The smallest absolute Gasteiger partial charge is 0.238 e. The third-order valence-electron chi connectivity index (χ3n) is 3.21. The Hall–Kier alpha value is -0.870. The van der Waals surface area contributed by atoms with Crippen LogP contribution in [0.15, 0.2) is 28.7 Å². The summed E-state index contributed by atoms with van der Waals surface area (Å²) >= 11 is 3.36. The van der Waals surface area contributed by atoms with E-state index in [2.05, 4.69) is 47.3 Å². The van der Waals surface area contributed by atoms with Crippen molar-refractivity contribution in [2.24, 2.45) is 5.92 Å². The minimum absolute atomic E-state index is 0.00697. The van der Waals surface area contributed by atoms with E-state index in [1.54, 1.807) is 0 Å². The number of benzene rings is 1. The standard InChI is InChI=1S/C14H21BrN2O/c1-4-10(2)11(3)16-9-14(18)17-13-7-5-12(15)6-8-13/h5-8,10-11,16H,4,9H2,1-3H3,(H,17,18). The molecule has 0 heterocycles. The van der Waals surface area contributed by atoms with Crippen LogP contribution in [-0.4, -0.2) is 18.5 Å². The summed E-state index contributed by atoms with van der Waals surface area (Å²) in [5, 5.41) is 6.10. The highest BCUT2D eigenvalue weighted by Gasteiger charge is 2.11. The van der Waals surface area contributed by atoms with Gasteiger partial charge < -0.3 is 10.6 Å². The van der Waals surface area contributed by atoms with E-state index in [4.69, 9.17) is 0 Å². The Morgan fingerprint density at radius 1 is 1.28 bits per heavy atom. The fourth-order valence-electron chi connectivity index (χ4n) is 1.55. The number of nitrogens with one attached hydrogen (secondary N) is 2. The van der Waals surface area contributed by atoms with Crippen LogP contribution >= 0.6 is 15.9 Å². The lowest BCUT2D eigenvalue weighted by Crippen LogP contribution is -2.37. The molecule has 0 radical (unpaired) electrons. The van der Waals surface area contributed by atoms with Crippen LogP contribution < -0.4 is 10.6 Å². The third-order valence-corrected chi connectivity index (χ3v) is 3.74. The van der Waals surface area contributed by atoms with Crippen LogP contribution in [-0.2, 0) is 4.79 Å². The van der Waals surface area contributed by atoms with Gasteiger partial charge in [0.2, 0.25) is 5.91 Å². The number of carbonyl (C=O) groups excluding carboxylic acids is 1. The van der Waals surface area contributed by atoms with Gasteiger partial charge >= 0.3 is 0 Å². The van der Waals surface area contributed by atoms with Gasteiger partial charge in [0.05, 0.1) is 6.54 Å². The molecule has 1 rings (SSSR count). The van der Waals surface area contributed by atoms with Crippen molar-refractivity contribution in [3.05, 3.63) is 28.7 Å². The Morgan fingerprint density at radius 2 is 1.89 bits per heavy atom. The van der Waals surface area contributed by atoms with Crippen molar-refractivity contribution in [2.75, 3.05) is 11.9 Å². The van der Waals surface area contributed by atoms with Gasteiger partial charge in [-0.15, -0.1) is 0 Å². The highest BCUT2D eigenvalue weighted by molar-refractivity contribution is 9.10. The lowest BCUT2D eigenvalue weighted by molar-refractivity contribution is -0.115. The van der Waals surface area contributed by atoms with Crippen molar-refractivity contribution in [3.63, 3.8) is 0 Å². The highest BCUT2D eigenvalue weighted by Crippen LogP contribution is 2.13. The summed E-state index contributed by atoms with van der Waals surface area (Å²) in [6.07, 6.45) is 1.11. The molecule has 0 spiro atoms. The van der Waals surface area contributed by atoms with Crippen LogP contribution in [0.25, 0.3) is 0 Å². The first kappa shape index (κ1) is 15.2. The summed E-state index contributed by atoms with van der Waals surface area (Å²) in [5.74, 6) is 0.568. The van der Waals surface area contributed by atoms with E-state index >= 15 is 0 Å². The van der Waals surface area contributed by atoms with Crippen LogP contribution in [0, 0.1) is 5.92 Å². The summed E-state index contributed by atoms with van der Waals surface area (Å²) in [6.45, 7) is 6.80. The van der Waals surface area contributed by atoms with Crippen LogP contribution in [0.5, 0.6) is 0 Å². The summed E-state index contributed by atoms with van der Waals surface area (Å²) in [4.78, 5) is 11.7. The van der Waals surface area contributed by atoms with Crippen LogP contribution in [0.2, 0.25) is 0 Å². The number of amides is 1.